The first-order valence-electron chi connectivity index (χ1n) is 6.83. The van der Waals surface area contributed by atoms with Gasteiger partial charge in [0.05, 0.1) is 8.95 Å². The number of hydrogen-bond donors (Lipinski definition) is 3. The Labute approximate surface area is 161 Å². The summed E-state index contributed by atoms with van der Waals surface area (Å²) >= 11 is 11.5. The van der Waals surface area contributed by atoms with Crippen LogP contribution in [0.4, 0.5) is 5.69 Å². The van der Waals surface area contributed by atoms with Gasteiger partial charge in [0.1, 0.15) is 11.5 Å². The number of aromatic hydroxyl groups is 1. The molecule has 0 aliphatic carbocycles. The van der Waals surface area contributed by atoms with Crippen LogP contribution in [0, 0.1) is 6.92 Å². The lowest BCUT2D eigenvalue weighted by atomic mass is 10.2. The van der Waals surface area contributed by atoms with E-state index in [1.165, 1.54) is 0 Å². The second-order valence-corrected chi connectivity index (χ2v) is 7.01. The second-order valence-electron chi connectivity index (χ2n) is 4.89. The van der Waals surface area contributed by atoms with Crippen molar-refractivity contribution in [1.82, 2.24) is 5.32 Å². The Kier molecular flexibility index (Phi) is 6.59. The van der Waals surface area contributed by atoms with Crippen molar-refractivity contribution >= 4 is 60.8 Å². The van der Waals surface area contributed by atoms with E-state index in [-0.39, 0.29) is 23.4 Å². The predicted molar refractivity (Wildman–Crippen MR) is 105 cm³/mol. The summed E-state index contributed by atoms with van der Waals surface area (Å²) in [5.74, 6) is 0.327. The van der Waals surface area contributed by atoms with Crippen LogP contribution in [0.1, 0.15) is 5.56 Å². The van der Waals surface area contributed by atoms with E-state index in [4.69, 9.17) is 17.0 Å². The average molecular weight is 474 g/mol. The minimum absolute atomic E-state index is 0.0852. The standard InChI is InChI=1S/C16H14Br2N2O3S/c1-9-2-4-11(5-3-9)23-8-14(21)20-16(24)19-10-6-12(17)15(22)13(18)7-10/h2-7,22H,8H2,1H3,(H2,19,20,21,24). The number of halogens is 2. The van der Waals surface area contributed by atoms with Gasteiger partial charge in [-0.25, -0.2) is 0 Å². The first kappa shape index (κ1) is 18.7. The first-order valence-corrected chi connectivity index (χ1v) is 8.83. The number of hydrogen-bond acceptors (Lipinski definition) is 4. The highest BCUT2D eigenvalue weighted by Crippen LogP contribution is 2.35. The van der Waals surface area contributed by atoms with Crippen LogP contribution in [0.3, 0.4) is 0 Å². The molecule has 24 heavy (non-hydrogen) atoms. The number of ether oxygens (including phenoxy) is 1. The largest absolute Gasteiger partial charge is 0.506 e. The van der Waals surface area contributed by atoms with E-state index in [0.717, 1.165) is 5.56 Å². The lowest BCUT2D eigenvalue weighted by Gasteiger charge is -2.12. The second kappa shape index (κ2) is 8.46. The van der Waals surface area contributed by atoms with E-state index >= 15 is 0 Å². The van der Waals surface area contributed by atoms with E-state index in [1.807, 2.05) is 19.1 Å². The van der Waals surface area contributed by atoms with Crippen molar-refractivity contribution in [3.8, 4) is 11.5 Å². The Morgan fingerprint density at radius 3 is 2.38 bits per heavy atom. The Morgan fingerprint density at radius 2 is 1.79 bits per heavy atom. The zero-order valence-electron chi connectivity index (χ0n) is 12.6. The van der Waals surface area contributed by atoms with Gasteiger partial charge in [-0.15, -0.1) is 0 Å². The van der Waals surface area contributed by atoms with E-state index in [1.54, 1.807) is 24.3 Å². The van der Waals surface area contributed by atoms with Crippen LogP contribution in [0.2, 0.25) is 0 Å². The Balaban J connectivity index is 1.85. The van der Waals surface area contributed by atoms with E-state index in [9.17, 15) is 9.90 Å². The summed E-state index contributed by atoms with van der Waals surface area (Å²) in [4.78, 5) is 11.8. The quantitative estimate of drug-likeness (QED) is 0.460. The minimum atomic E-state index is -0.370. The monoisotopic (exact) mass is 472 g/mol. The maximum absolute atomic E-state index is 11.8. The molecular weight excluding hydrogens is 460 g/mol. The fourth-order valence-corrected chi connectivity index (χ4v) is 3.16. The minimum Gasteiger partial charge on any atom is -0.506 e. The van der Waals surface area contributed by atoms with Crippen LogP contribution in [0.5, 0.6) is 11.5 Å². The summed E-state index contributed by atoms with van der Waals surface area (Å²) in [6, 6.07) is 10.7. The number of thiocarbonyl (C=S) groups is 1. The van der Waals surface area contributed by atoms with Crippen LogP contribution in [0.15, 0.2) is 45.3 Å². The van der Waals surface area contributed by atoms with Crippen molar-refractivity contribution in [1.29, 1.82) is 0 Å². The highest BCUT2D eigenvalue weighted by molar-refractivity contribution is 9.11. The molecular formula is C16H14Br2N2O3S. The number of carbonyl (C=O) groups is 1. The van der Waals surface area contributed by atoms with Gasteiger partial charge in [0.15, 0.2) is 11.7 Å². The Hall–Kier alpha value is -1.64. The highest BCUT2D eigenvalue weighted by Gasteiger charge is 2.09. The van der Waals surface area contributed by atoms with E-state index < -0.39 is 0 Å². The van der Waals surface area contributed by atoms with Gasteiger partial charge in [0.2, 0.25) is 0 Å². The van der Waals surface area contributed by atoms with Crippen molar-refractivity contribution in [2.45, 2.75) is 6.92 Å². The number of carbonyl (C=O) groups excluding carboxylic acids is 1. The summed E-state index contributed by atoms with van der Waals surface area (Å²) in [6.07, 6.45) is 0. The molecule has 3 N–H and O–H groups in total. The topological polar surface area (TPSA) is 70.6 Å². The molecule has 0 spiro atoms. The molecule has 5 nitrogen and oxygen atoms in total. The molecule has 0 fully saturated rings. The number of amides is 1. The van der Waals surface area contributed by atoms with Crippen molar-refractivity contribution in [2.75, 3.05) is 11.9 Å². The molecule has 0 aliphatic heterocycles. The van der Waals surface area contributed by atoms with Crippen molar-refractivity contribution in [2.24, 2.45) is 0 Å². The van der Waals surface area contributed by atoms with Gasteiger partial charge >= 0.3 is 0 Å². The van der Waals surface area contributed by atoms with Gasteiger partial charge in [-0.1, -0.05) is 17.7 Å². The Bertz CT molecular complexity index is 743. The summed E-state index contributed by atoms with van der Waals surface area (Å²) in [5.41, 5.74) is 1.72. The van der Waals surface area contributed by atoms with Gasteiger partial charge in [0, 0.05) is 5.69 Å². The number of nitrogens with one attached hydrogen (secondary N) is 2. The molecule has 0 aliphatic rings. The number of benzene rings is 2. The van der Waals surface area contributed by atoms with Crippen LogP contribution < -0.4 is 15.4 Å². The molecule has 2 rings (SSSR count). The summed E-state index contributed by atoms with van der Waals surface area (Å²) in [7, 11) is 0. The molecule has 1 amide bonds. The number of phenols is 1. The van der Waals surface area contributed by atoms with Crippen molar-refractivity contribution < 1.29 is 14.6 Å². The molecule has 2 aromatic rings. The molecule has 0 unspecified atom stereocenters. The van der Waals surface area contributed by atoms with Gasteiger partial charge in [-0.05, 0) is 75.3 Å². The third-order valence-electron chi connectivity index (χ3n) is 2.92. The summed E-state index contributed by atoms with van der Waals surface area (Å²) in [6.45, 7) is 1.83. The van der Waals surface area contributed by atoms with E-state index in [2.05, 4.69) is 42.5 Å². The van der Waals surface area contributed by atoms with Crippen LogP contribution in [-0.4, -0.2) is 22.7 Å². The first-order chi connectivity index (χ1) is 11.3. The molecule has 0 atom stereocenters. The van der Waals surface area contributed by atoms with Gasteiger partial charge in [0.25, 0.3) is 5.91 Å². The average Bonchev–Trinajstić information content (AvgIpc) is 2.52. The molecule has 0 saturated carbocycles. The molecule has 126 valence electrons. The number of aryl methyl sites for hydroxylation is 1. The number of anilines is 1. The molecule has 0 heterocycles. The molecule has 8 heteroatoms. The zero-order chi connectivity index (χ0) is 17.7. The lowest BCUT2D eigenvalue weighted by Crippen LogP contribution is -2.37. The maximum Gasteiger partial charge on any atom is 0.264 e. The SMILES string of the molecule is Cc1ccc(OCC(=O)NC(=S)Nc2cc(Br)c(O)c(Br)c2)cc1. The Morgan fingerprint density at radius 1 is 1.21 bits per heavy atom. The van der Waals surface area contributed by atoms with Gasteiger partial charge in [-0.2, -0.15) is 0 Å². The summed E-state index contributed by atoms with van der Waals surface area (Å²) < 4.78 is 6.37. The lowest BCUT2D eigenvalue weighted by molar-refractivity contribution is -0.121. The number of phenolic OH excluding ortho intramolecular Hbond substituents is 1. The zero-order valence-corrected chi connectivity index (χ0v) is 16.6. The third kappa shape index (κ3) is 5.47. The molecule has 2 aromatic carbocycles. The predicted octanol–water partition coefficient (Wildman–Crippen LogP) is 4.12. The van der Waals surface area contributed by atoms with E-state index in [0.29, 0.717) is 20.4 Å². The number of rotatable bonds is 4. The normalized spacial score (nSPS) is 10.1. The molecule has 0 saturated heterocycles. The smallest absolute Gasteiger partial charge is 0.264 e. The van der Waals surface area contributed by atoms with Crippen molar-refractivity contribution in [3.05, 3.63) is 50.9 Å². The summed E-state index contributed by atoms with van der Waals surface area (Å²) in [5, 5.41) is 15.2. The van der Waals surface area contributed by atoms with Crippen LogP contribution in [0.25, 0.3) is 0 Å². The third-order valence-corrected chi connectivity index (χ3v) is 4.33. The fourth-order valence-electron chi connectivity index (χ4n) is 1.75. The molecule has 0 aromatic heterocycles. The molecule has 0 radical (unpaired) electrons. The maximum atomic E-state index is 11.8. The van der Waals surface area contributed by atoms with Gasteiger partial charge < -0.3 is 15.2 Å². The van der Waals surface area contributed by atoms with Crippen LogP contribution in [-0.2, 0) is 4.79 Å². The fraction of sp³-hybridized carbons (Fsp3) is 0.125. The van der Waals surface area contributed by atoms with Crippen molar-refractivity contribution in [3.63, 3.8) is 0 Å². The molecule has 0 bridgehead atoms. The van der Waals surface area contributed by atoms with Gasteiger partial charge in [-0.3, -0.25) is 10.1 Å². The highest BCUT2D eigenvalue weighted by atomic mass is 79.9. The van der Waals surface area contributed by atoms with Crippen LogP contribution >= 0.6 is 44.1 Å².